The summed E-state index contributed by atoms with van der Waals surface area (Å²) in [5, 5.41) is 3.05. The van der Waals surface area contributed by atoms with Gasteiger partial charge < -0.3 is 10.2 Å². The van der Waals surface area contributed by atoms with Crippen LogP contribution in [0.2, 0.25) is 0 Å². The van der Waals surface area contributed by atoms with Crippen LogP contribution >= 0.6 is 0 Å². The molecule has 120 valence electrons. The fraction of sp³-hybridized carbons (Fsp3) is 0.625. The van der Waals surface area contributed by atoms with Crippen LogP contribution in [0.3, 0.4) is 0 Å². The summed E-state index contributed by atoms with van der Waals surface area (Å²) in [5.41, 5.74) is 0.380. The van der Waals surface area contributed by atoms with E-state index in [0.29, 0.717) is 18.7 Å². The molecule has 1 aromatic rings. The molecule has 0 saturated carbocycles. The molecule has 0 aliphatic rings. The normalized spacial score (nSPS) is 11.7. The summed E-state index contributed by atoms with van der Waals surface area (Å²) in [4.78, 5) is 1.70. The molecule has 0 radical (unpaired) electrons. The molecular formula is C16H25F3N2. The van der Waals surface area contributed by atoms with Crippen molar-refractivity contribution in [3.63, 3.8) is 0 Å². The largest absolute Gasteiger partial charge is 0.418 e. The number of halogens is 3. The number of hydrogen-bond donors (Lipinski definition) is 1. The molecule has 0 aliphatic heterocycles. The third-order valence-corrected chi connectivity index (χ3v) is 3.45. The van der Waals surface area contributed by atoms with Gasteiger partial charge in [0.1, 0.15) is 0 Å². The van der Waals surface area contributed by atoms with Crippen LogP contribution in [0.5, 0.6) is 0 Å². The molecule has 1 aromatic carbocycles. The molecule has 0 aliphatic carbocycles. The van der Waals surface area contributed by atoms with Crippen molar-refractivity contribution in [2.24, 2.45) is 0 Å². The second-order valence-electron chi connectivity index (χ2n) is 5.26. The van der Waals surface area contributed by atoms with Crippen LogP contribution in [-0.4, -0.2) is 20.1 Å². The standard InChI is InChI=1S/C16H25F3N2/c1-4-6-7-10-21(3)15-9-8-13(12-20-5-2)11-14(15)16(17,18)19/h8-9,11,20H,4-7,10,12H2,1-3H3. The monoisotopic (exact) mass is 302 g/mol. The second-order valence-corrected chi connectivity index (χ2v) is 5.26. The molecule has 0 atom stereocenters. The maximum Gasteiger partial charge on any atom is 0.418 e. The molecule has 21 heavy (non-hydrogen) atoms. The number of rotatable bonds is 8. The lowest BCUT2D eigenvalue weighted by atomic mass is 10.1. The zero-order chi connectivity index (χ0) is 15.9. The Morgan fingerprint density at radius 3 is 2.43 bits per heavy atom. The number of alkyl halides is 3. The average molecular weight is 302 g/mol. The van der Waals surface area contributed by atoms with Crippen LogP contribution in [-0.2, 0) is 12.7 Å². The Morgan fingerprint density at radius 2 is 1.86 bits per heavy atom. The summed E-state index contributed by atoms with van der Waals surface area (Å²) in [6.45, 7) is 5.85. The molecule has 0 spiro atoms. The van der Waals surface area contributed by atoms with E-state index in [1.165, 1.54) is 6.07 Å². The summed E-state index contributed by atoms with van der Waals surface area (Å²) >= 11 is 0. The smallest absolute Gasteiger partial charge is 0.374 e. The quantitative estimate of drug-likeness (QED) is 0.714. The Kier molecular flexibility index (Phi) is 7.02. The number of anilines is 1. The van der Waals surface area contributed by atoms with Gasteiger partial charge in [0.25, 0.3) is 0 Å². The van der Waals surface area contributed by atoms with Gasteiger partial charge in [-0.3, -0.25) is 0 Å². The third kappa shape index (κ3) is 5.58. The van der Waals surface area contributed by atoms with Gasteiger partial charge in [-0.2, -0.15) is 13.2 Å². The van der Waals surface area contributed by atoms with Gasteiger partial charge in [0.2, 0.25) is 0 Å². The third-order valence-electron chi connectivity index (χ3n) is 3.45. The number of unbranched alkanes of at least 4 members (excludes halogenated alkanes) is 2. The minimum absolute atomic E-state index is 0.263. The molecule has 0 aromatic heterocycles. The fourth-order valence-electron chi connectivity index (χ4n) is 2.24. The van der Waals surface area contributed by atoms with Crippen molar-refractivity contribution in [3.05, 3.63) is 29.3 Å². The van der Waals surface area contributed by atoms with Crippen LogP contribution in [0, 0.1) is 0 Å². The van der Waals surface area contributed by atoms with E-state index in [1.807, 2.05) is 6.92 Å². The first-order valence-corrected chi connectivity index (χ1v) is 7.52. The van der Waals surface area contributed by atoms with Crippen molar-refractivity contribution < 1.29 is 13.2 Å². The molecule has 1 N–H and O–H groups in total. The highest BCUT2D eigenvalue weighted by molar-refractivity contribution is 5.56. The molecule has 0 amide bonds. The van der Waals surface area contributed by atoms with Crippen molar-refractivity contribution in [2.75, 3.05) is 25.0 Å². The maximum atomic E-state index is 13.3. The van der Waals surface area contributed by atoms with Crippen molar-refractivity contribution in [3.8, 4) is 0 Å². The summed E-state index contributed by atoms with van der Waals surface area (Å²) in [6.07, 6.45) is -1.33. The molecule has 0 saturated heterocycles. The van der Waals surface area contributed by atoms with Crippen molar-refractivity contribution in [1.82, 2.24) is 5.32 Å². The van der Waals surface area contributed by atoms with E-state index in [9.17, 15) is 13.2 Å². The average Bonchev–Trinajstić information content (AvgIpc) is 2.44. The molecule has 2 nitrogen and oxygen atoms in total. The lowest BCUT2D eigenvalue weighted by Crippen LogP contribution is -2.23. The Balaban J connectivity index is 2.96. The van der Waals surface area contributed by atoms with Gasteiger partial charge >= 0.3 is 6.18 Å². The van der Waals surface area contributed by atoms with Gasteiger partial charge in [0.15, 0.2) is 0 Å². The van der Waals surface area contributed by atoms with Gasteiger partial charge in [0, 0.05) is 25.8 Å². The molecule has 0 unspecified atom stereocenters. The van der Waals surface area contributed by atoms with Crippen LogP contribution < -0.4 is 10.2 Å². The predicted molar refractivity (Wildman–Crippen MR) is 81.6 cm³/mol. The maximum absolute atomic E-state index is 13.3. The highest BCUT2D eigenvalue weighted by Gasteiger charge is 2.34. The Bertz CT molecular complexity index is 430. The van der Waals surface area contributed by atoms with E-state index in [-0.39, 0.29) is 5.69 Å². The number of benzene rings is 1. The number of hydrogen-bond acceptors (Lipinski definition) is 2. The van der Waals surface area contributed by atoms with Gasteiger partial charge in [-0.15, -0.1) is 0 Å². The van der Waals surface area contributed by atoms with Crippen molar-refractivity contribution >= 4 is 5.69 Å². The minimum Gasteiger partial charge on any atom is -0.374 e. The first kappa shape index (κ1) is 17.8. The zero-order valence-electron chi connectivity index (χ0n) is 13.1. The first-order valence-electron chi connectivity index (χ1n) is 7.52. The van der Waals surface area contributed by atoms with E-state index >= 15 is 0 Å². The molecule has 1 rings (SSSR count). The SMILES string of the molecule is CCCCCN(C)c1ccc(CNCC)cc1C(F)(F)F. The highest BCUT2D eigenvalue weighted by atomic mass is 19.4. The Morgan fingerprint density at radius 1 is 1.14 bits per heavy atom. The minimum atomic E-state index is -4.32. The molecule has 0 heterocycles. The molecule has 5 heteroatoms. The second kappa shape index (κ2) is 8.27. The number of nitrogens with zero attached hydrogens (tertiary/aromatic N) is 1. The fourth-order valence-corrected chi connectivity index (χ4v) is 2.24. The van der Waals surface area contributed by atoms with E-state index in [4.69, 9.17) is 0 Å². The summed E-state index contributed by atoms with van der Waals surface area (Å²) in [5.74, 6) is 0. The van der Waals surface area contributed by atoms with E-state index < -0.39 is 11.7 Å². The zero-order valence-corrected chi connectivity index (χ0v) is 13.1. The van der Waals surface area contributed by atoms with Crippen molar-refractivity contribution in [2.45, 2.75) is 45.8 Å². The number of nitrogens with one attached hydrogen (secondary N) is 1. The molecule has 0 fully saturated rings. The van der Waals surface area contributed by atoms with Crippen LogP contribution in [0.1, 0.15) is 44.2 Å². The summed E-state index contributed by atoms with van der Waals surface area (Å²) in [6, 6.07) is 4.61. The summed E-state index contributed by atoms with van der Waals surface area (Å²) < 4.78 is 39.8. The van der Waals surface area contributed by atoms with Crippen LogP contribution in [0.25, 0.3) is 0 Å². The van der Waals surface area contributed by atoms with E-state index in [0.717, 1.165) is 25.8 Å². The topological polar surface area (TPSA) is 15.3 Å². The molecular weight excluding hydrogens is 277 g/mol. The lowest BCUT2D eigenvalue weighted by Gasteiger charge is -2.24. The van der Waals surface area contributed by atoms with Crippen LogP contribution in [0.4, 0.5) is 18.9 Å². The van der Waals surface area contributed by atoms with Crippen LogP contribution in [0.15, 0.2) is 18.2 Å². The first-order chi connectivity index (χ1) is 9.90. The lowest BCUT2D eigenvalue weighted by molar-refractivity contribution is -0.137. The van der Waals surface area contributed by atoms with Crippen molar-refractivity contribution in [1.29, 1.82) is 0 Å². The van der Waals surface area contributed by atoms with Gasteiger partial charge in [0.05, 0.1) is 5.56 Å². The van der Waals surface area contributed by atoms with Gasteiger partial charge in [-0.05, 0) is 30.7 Å². The summed E-state index contributed by atoms with van der Waals surface area (Å²) in [7, 11) is 1.73. The Hall–Kier alpha value is -1.23. The van der Waals surface area contributed by atoms with Gasteiger partial charge in [-0.1, -0.05) is 32.8 Å². The van der Waals surface area contributed by atoms with Gasteiger partial charge in [-0.25, -0.2) is 0 Å². The predicted octanol–water partition coefficient (Wildman–Crippen LogP) is 4.44. The Labute approximate surface area is 125 Å². The highest BCUT2D eigenvalue weighted by Crippen LogP contribution is 2.37. The van der Waals surface area contributed by atoms with E-state index in [1.54, 1.807) is 24.1 Å². The molecule has 0 bridgehead atoms. The van der Waals surface area contributed by atoms with E-state index in [2.05, 4.69) is 12.2 Å².